The standard InChI is InChI=1S/C11H18N2OS/c1-2-12-8-9-4-3-6-14-10(9)11-13-5-7-15-11/h5,7,9-10,12H,2-4,6,8H2,1H3. The van der Waals surface area contributed by atoms with Crippen molar-refractivity contribution in [1.29, 1.82) is 0 Å². The second-order valence-electron chi connectivity index (χ2n) is 3.87. The van der Waals surface area contributed by atoms with E-state index >= 15 is 0 Å². The lowest BCUT2D eigenvalue weighted by Crippen LogP contribution is -2.31. The Morgan fingerprint density at radius 3 is 3.33 bits per heavy atom. The van der Waals surface area contributed by atoms with E-state index in [2.05, 4.69) is 17.2 Å². The molecule has 1 aromatic rings. The van der Waals surface area contributed by atoms with Gasteiger partial charge in [-0.25, -0.2) is 4.98 Å². The molecule has 2 rings (SSSR count). The summed E-state index contributed by atoms with van der Waals surface area (Å²) in [6, 6.07) is 0. The average Bonchev–Trinajstić information content (AvgIpc) is 2.80. The molecule has 2 unspecified atom stereocenters. The van der Waals surface area contributed by atoms with E-state index in [-0.39, 0.29) is 6.10 Å². The van der Waals surface area contributed by atoms with Crippen LogP contribution in [0.2, 0.25) is 0 Å². The molecule has 0 amide bonds. The maximum absolute atomic E-state index is 5.84. The molecule has 1 fully saturated rings. The van der Waals surface area contributed by atoms with Crippen LogP contribution in [0, 0.1) is 5.92 Å². The van der Waals surface area contributed by atoms with Gasteiger partial charge in [0, 0.05) is 30.6 Å². The highest BCUT2D eigenvalue weighted by molar-refractivity contribution is 7.09. The number of nitrogens with zero attached hydrogens (tertiary/aromatic N) is 1. The fraction of sp³-hybridized carbons (Fsp3) is 0.727. The van der Waals surface area contributed by atoms with E-state index in [0.717, 1.165) is 24.7 Å². The first-order valence-corrected chi connectivity index (χ1v) is 6.51. The Bertz CT molecular complexity index is 276. The number of hydrogen-bond acceptors (Lipinski definition) is 4. The summed E-state index contributed by atoms with van der Waals surface area (Å²) >= 11 is 1.70. The van der Waals surface area contributed by atoms with E-state index in [9.17, 15) is 0 Å². The minimum absolute atomic E-state index is 0.220. The molecule has 1 aliphatic heterocycles. The van der Waals surface area contributed by atoms with Gasteiger partial charge in [-0.1, -0.05) is 6.92 Å². The Balaban J connectivity index is 1.99. The zero-order valence-electron chi connectivity index (χ0n) is 9.11. The predicted molar refractivity (Wildman–Crippen MR) is 62.1 cm³/mol. The fourth-order valence-corrected chi connectivity index (χ4v) is 2.81. The molecule has 15 heavy (non-hydrogen) atoms. The van der Waals surface area contributed by atoms with Crippen molar-refractivity contribution < 1.29 is 4.74 Å². The van der Waals surface area contributed by atoms with Gasteiger partial charge in [0.05, 0.1) is 0 Å². The van der Waals surface area contributed by atoms with Gasteiger partial charge < -0.3 is 10.1 Å². The molecule has 0 bridgehead atoms. The summed E-state index contributed by atoms with van der Waals surface area (Å²) in [6.45, 7) is 5.09. The lowest BCUT2D eigenvalue weighted by Gasteiger charge is -2.30. The number of nitrogens with one attached hydrogen (secondary N) is 1. The number of thiazole rings is 1. The SMILES string of the molecule is CCNCC1CCCOC1c1nccs1. The van der Waals surface area contributed by atoms with Crippen LogP contribution in [0.15, 0.2) is 11.6 Å². The first kappa shape index (κ1) is 11.0. The lowest BCUT2D eigenvalue weighted by atomic mass is 9.94. The van der Waals surface area contributed by atoms with Gasteiger partial charge in [-0.05, 0) is 19.4 Å². The van der Waals surface area contributed by atoms with Gasteiger partial charge in [-0.3, -0.25) is 0 Å². The number of rotatable bonds is 4. The molecular weight excluding hydrogens is 208 g/mol. The van der Waals surface area contributed by atoms with Crippen molar-refractivity contribution in [3.05, 3.63) is 16.6 Å². The monoisotopic (exact) mass is 226 g/mol. The van der Waals surface area contributed by atoms with E-state index in [4.69, 9.17) is 4.74 Å². The maximum Gasteiger partial charge on any atom is 0.122 e. The molecule has 0 aliphatic carbocycles. The van der Waals surface area contributed by atoms with Crippen molar-refractivity contribution in [3.8, 4) is 0 Å². The van der Waals surface area contributed by atoms with Gasteiger partial charge in [-0.2, -0.15) is 0 Å². The third kappa shape index (κ3) is 2.77. The molecule has 1 aromatic heterocycles. The van der Waals surface area contributed by atoms with Gasteiger partial charge in [0.1, 0.15) is 11.1 Å². The summed E-state index contributed by atoms with van der Waals surface area (Å²) in [7, 11) is 0. The maximum atomic E-state index is 5.84. The van der Waals surface area contributed by atoms with Crippen LogP contribution < -0.4 is 5.32 Å². The molecule has 2 heterocycles. The number of aromatic nitrogens is 1. The fourth-order valence-electron chi connectivity index (χ4n) is 2.03. The van der Waals surface area contributed by atoms with Crippen molar-refractivity contribution in [2.45, 2.75) is 25.9 Å². The summed E-state index contributed by atoms with van der Waals surface area (Å²) in [5.74, 6) is 0.588. The summed E-state index contributed by atoms with van der Waals surface area (Å²) in [4.78, 5) is 4.36. The Morgan fingerprint density at radius 2 is 2.60 bits per heavy atom. The lowest BCUT2D eigenvalue weighted by molar-refractivity contribution is -0.0277. The Labute approximate surface area is 94.9 Å². The normalized spacial score (nSPS) is 26.7. The highest BCUT2D eigenvalue weighted by Gasteiger charge is 2.28. The zero-order chi connectivity index (χ0) is 10.5. The van der Waals surface area contributed by atoms with Crippen LogP contribution in [0.4, 0.5) is 0 Å². The van der Waals surface area contributed by atoms with Gasteiger partial charge in [0.25, 0.3) is 0 Å². The molecule has 0 radical (unpaired) electrons. The van der Waals surface area contributed by atoms with Crippen LogP contribution in [0.5, 0.6) is 0 Å². The molecular formula is C11H18N2OS. The quantitative estimate of drug-likeness (QED) is 0.855. The van der Waals surface area contributed by atoms with Gasteiger partial charge in [0.2, 0.25) is 0 Å². The van der Waals surface area contributed by atoms with Crippen LogP contribution in [0.1, 0.15) is 30.9 Å². The Hall–Kier alpha value is -0.450. The zero-order valence-corrected chi connectivity index (χ0v) is 9.93. The molecule has 3 nitrogen and oxygen atoms in total. The second-order valence-corrected chi connectivity index (χ2v) is 4.80. The van der Waals surface area contributed by atoms with Crippen molar-refractivity contribution in [2.24, 2.45) is 5.92 Å². The molecule has 84 valence electrons. The van der Waals surface area contributed by atoms with Crippen LogP contribution in [0.3, 0.4) is 0 Å². The summed E-state index contributed by atoms with van der Waals surface area (Å²) < 4.78 is 5.84. The van der Waals surface area contributed by atoms with E-state index in [0.29, 0.717) is 5.92 Å². The minimum atomic E-state index is 0.220. The first-order chi connectivity index (χ1) is 7.42. The van der Waals surface area contributed by atoms with Crippen LogP contribution in [0.25, 0.3) is 0 Å². The average molecular weight is 226 g/mol. The molecule has 0 aromatic carbocycles. The molecule has 0 spiro atoms. The van der Waals surface area contributed by atoms with Gasteiger partial charge in [-0.15, -0.1) is 11.3 Å². The topological polar surface area (TPSA) is 34.1 Å². The largest absolute Gasteiger partial charge is 0.371 e. The van der Waals surface area contributed by atoms with E-state index < -0.39 is 0 Å². The van der Waals surface area contributed by atoms with Crippen LogP contribution >= 0.6 is 11.3 Å². The van der Waals surface area contributed by atoms with Crippen molar-refractivity contribution in [1.82, 2.24) is 10.3 Å². The smallest absolute Gasteiger partial charge is 0.122 e. The predicted octanol–water partition coefficient (Wildman–Crippen LogP) is 2.22. The summed E-state index contributed by atoms with van der Waals surface area (Å²) in [5.41, 5.74) is 0. The molecule has 1 saturated heterocycles. The highest BCUT2D eigenvalue weighted by atomic mass is 32.1. The third-order valence-corrected chi connectivity index (χ3v) is 3.63. The minimum Gasteiger partial charge on any atom is -0.371 e. The number of hydrogen-bond donors (Lipinski definition) is 1. The highest BCUT2D eigenvalue weighted by Crippen LogP contribution is 2.33. The molecule has 2 atom stereocenters. The molecule has 4 heteroatoms. The summed E-state index contributed by atoms with van der Waals surface area (Å²) in [5, 5.41) is 6.57. The van der Waals surface area contributed by atoms with Crippen molar-refractivity contribution in [3.63, 3.8) is 0 Å². The molecule has 0 saturated carbocycles. The molecule has 1 aliphatic rings. The van der Waals surface area contributed by atoms with Gasteiger partial charge in [0.15, 0.2) is 0 Å². The van der Waals surface area contributed by atoms with E-state index in [1.54, 1.807) is 11.3 Å². The Morgan fingerprint density at radius 1 is 1.67 bits per heavy atom. The molecule has 1 N–H and O–H groups in total. The number of ether oxygens (including phenoxy) is 1. The Kier molecular flexibility index (Phi) is 4.11. The van der Waals surface area contributed by atoms with Crippen molar-refractivity contribution in [2.75, 3.05) is 19.7 Å². The van der Waals surface area contributed by atoms with E-state index in [1.807, 2.05) is 11.6 Å². The van der Waals surface area contributed by atoms with Crippen LogP contribution in [-0.2, 0) is 4.74 Å². The first-order valence-electron chi connectivity index (χ1n) is 5.63. The third-order valence-electron chi connectivity index (χ3n) is 2.80. The van der Waals surface area contributed by atoms with Gasteiger partial charge >= 0.3 is 0 Å². The summed E-state index contributed by atoms with van der Waals surface area (Å²) in [6.07, 6.45) is 4.51. The second kappa shape index (κ2) is 5.58. The van der Waals surface area contributed by atoms with E-state index in [1.165, 1.54) is 12.8 Å². The van der Waals surface area contributed by atoms with Crippen molar-refractivity contribution >= 4 is 11.3 Å². The van der Waals surface area contributed by atoms with Crippen LogP contribution in [-0.4, -0.2) is 24.7 Å².